The summed E-state index contributed by atoms with van der Waals surface area (Å²) in [5, 5.41) is 7.45. The maximum atomic E-state index is 12.1. The van der Waals surface area contributed by atoms with E-state index in [1.54, 1.807) is 0 Å². The van der Waals surface area contributed by atoms with Gasteiger partial charge in [-0.2, -0.15) is 5.10 Å². The van der Waals surface area contributed by atoms with Crippen LogP contribution in [0, 0.1) is 5.92 Å². The molecule has 3 rings (SSSR count). The monoisotopic (exact) mass is 297 g/mol. The van der Waals surface area contributed by atoms with Crippen molar-refractivity contribution >= 4 is 5.91 Å². The van der Waals surface area contributed by atoms with Crippen LogP contribution in [0.25, 0.3) is 5.69 Å². The first kappa shape index (κ1) is 14.8. The molecule has 0 unspecified atom stereocenters. The standard InChI is InChI=1S/C18H23N3O/c22-18(16-7-3-1-4-8-16)19-12-11-15-13-20-21(14-15)17-9-5-2-6-10-17/h2,5-6,9-10,13-14,16H,1,3-4,7-8,11-12H2,(H,19,22). The summed E-state index contributed by atoms with van der Waals surface area (Å²) in [6.07, 6.45) is 10.5. The molecule has 4 nitrogen and oxygen atoms in total. The zero-order valence-corrected chi connectivity index (χ0v) is 12.9. The molecule has 116 valence electrons. The highest BCUT2D eigenvalue weighted by molar-refractivity contribution is 5.78. The Balaban J connectivity index is 1.48. The van der Waals surface area contributed by atoms with Gasteiger partial charge in [-0.1, -0.05) is 37.5 Å². The molecular weight excluding hydrogens is 274 g/mol. The molecule has 22 heavy (non-hydrogen) atoms. The summed E-state index contributed by atoms with van der Waals surface area (Å²) < 4.78 is 1.87. The highest BCUT2D eigenvalue weighted by atomic mass is 16.1. The Hall–Kier alpha value is -2.10. The minimum Gasteiger partial charge on any atom is -0.356 e. The van der Waals surface area contributed by atoms with Crippen molar-refractivity contribution in [3.8, 4) is 5.69 Å². The Bertz CT molecular complexity index is 600. The zero-order chi connectivity index (χ0) is 15.2. The van der Waals surface area contributed by atoms with Crippen LogP contribution in [-0.2, 0) is 11.2 Å². The molecule has 1 aliphatic rings. The van der Waals surface area contributed by atoms with E-state index < -0.39 is 0 Å². The van der Waals surface area contributed by atoms with Gasteiger partial charge < -0.3 is 5.32 Å². The van der Waals surface area contributed by atoms with Crippen LogP contribution >= 0.6 is 0 Å². The van der Waals surface area contributed by atoms with Gasteiger partial charge in [0.05, 0.1) is 11.9 Å². The fraction of sp³-hybridized carbons (Fsp3) is 0.444. The van der Waals surface area contributed by atoms with Crippen molar-refractivity contribution in [2.45, 2.75) is 38.5 Å². The van der Waals surface area contributed by atoms with Gasteiger partial charge in [0.15, 0.2) is 0 Å². The Labute approximate surface area is 131 Å². The lowest BCUT2D eigenvalue weighted by molar-refractivity contribution is -0.125. The second-order valence-corrected chi connectivity index (χ2v) is 6.00. The first-order valence-corrected chi connectivity index (χ1v) is 8.19. The van der Waals surface area contributed by atoms with Crippen molar-refractivity contribution in [2.75, 3.05) is 6.54 Å². The van der Waals surface area contributed by atoms with E-state index in [4.69, 9.17) is 0 Å². The molecule has 0 bridgehead atoms. The molecule has 0 aliphatic heterocycles. The molecule has 0 spiro atoms. The van der Waals surface area contributed by atoms with Crippen molar-refractivity contribution in [1.82, 2.24) is 15.1 Å². The third-order valence-corrected chi connectivity index (χ3v) is 4.35. The molecule has 1 amide bonds. The lowest BCUT2D eigenvalue weighted by Gasteiger charge is -2.20. The van der Waals surface area contributed by atoms with Gasteiger partial charge in [0.25, 0.3) is 0 Å². The maximum Gasteiger partial charge on any atom is 0.223 e. The van der Waals surface area contributed by atoms with E-state index >= 15 is 0 Å². The number of carbonyl (C=O) groups excluding carboxylic acids is 1. The second kappa shape index (κ2) is 7.25. The van der Waals surface area contributed by atoms with E-state index in [2.05, 4.69) is 10.4 Å². The molecule has 4 heteroatoms. The highest BCUT2D eigenvalue weighted by Gasteiger charge is 2.20. The summed E-state index contributed by atoms with van der Waals surface area (Å²) >= 11 is 0. The van der Waals surface area contributed by atoms with E-state index in [0.29, 0.717) is 6.54 Å². The van der Waals surface area contributed by atoms with Crippen LogP contribution in [-0.4, -0.2) is 22.2 Å². The van der Waals surface area contributed by atoms with Crippen LogP contribution in [0.1, 0.15) is 37.7 Å². The van der Waals surface area contributed by atoms with E-state index in [-0.39, 0.29) is 11.8 Å². The van der Waals surface area contributed by atoms with E-state index in [9.17, 15) is 4.79 Å². The molecule has 1 aromatic carbocycles. The van der Waals surface area contributed by atoms with Gasteiger partial charge in [0.1, 0.15) is 0 Å². The van der Waals surface area contributed by atoms with Crippen LogP contribution in [0.4, 0.5) is 0 Å². The minimum atomic E-state index is 0.232. The second-order valence-electron chi connectivity index (χ2n) is 6.00. The van der Waals surface area contributed by atoms with Crippen LogP contribution in [0.2, 0.25) is 0 Å². The number of amides is 1. The van der Waals surface area contributed by atoms with Gasteiger partial charge in [-0.3, -0.25) is 4.79 Å². The lowest BCUT2D eigenvalue weighted by atomic mass is 9.89. The highest BCUT2D eigenvalue weighted by Crippen LogP contribution is 2.23. The summed E-state index contributed by atoms with van der Waals surface area (Å²) in [6.45, 7) is 0.690. The molecule has 1 heterocycles. The number of carbonyl (C=O) groups is 1. The SMILES string of the molecule is O=C(NCCc1cnn(-c2ccccc2)c1)C1CCCCC1. The Kier molecular flexibility index (Phi) is 4.88. The van der Waals surface area contributed by atoms with Gasteiger partial charge in [-0.25, -0.2) is 4.68 Å². The van der Waals surface area contributed by atoms with Gasteiger partial charge >= 0.3 is 0 Å². The molecule has 1 fully saturated rings. The predicted molar refractivity (Wildman–Crippen MR) is 86.9 cm³/mol. The van der Waals surface area contributed by atoms with Gasteiger partial charge in [0.2, 0.25) is 5.91 Å². The van der Waals surface area contributed by atoms with Crippen molar-refractivity contribution in [3.05, 3.63) is 48.3 Å². The van der Waals surface area contributed by atoms with E-state index in [1.165, 1.54) is 19.3 Å². The molecule has 1 N–H and O–H groups in total. The van der Waals surface area contributed by atoms with E-state index in [1.807, 2.05) is 47.4 Å². The van der Waals surface area contributed by atoms with Gasteiger partial charge in [0, 0.05) is 18.7 Å². The fourth-order valence-corrected chi connectivity index (χ4v) is 3.05. The normalized spacial score (nSPS) is 15.6. The van der Waals surface area contributed by atoms with Crippen molar-refractivity contribution in [3.63, 3.8) is 0 Å². The first-order chi connectivity index (χ1) is 10.8. The van der Waals surface area contributed by atoms with Crippen LogP contribution < -0.4 is 5.32 Å². The molecule has 1 aliphatic carbocycles. The third-order valence-electron chi connectivity index (χ3n) is 4.35. The number of benzene rings is 1. The Morgan fingerprint density at radius 1 is 1.18 bits per heavy atom. The quantitative estimate of drug-likeness (QED) is 0.921. The number of hydrogen-bond donors (Lipinski definition) is 1. The maximum absolute atomic E-state index is 12.1. The summed E-state index contributed by atoms with van der Waals surface area (Å²) in [7, 11) is 0. The largest absolute Gasteiger partial charge is 0.356 e. The molecule has 0 atom stereocenters. The number of aromatic nitrogens is 2. The summed E-state index contributed by atoms with van der Waals surface area (Å²) in [5.41, 5.74) is 2.20. The lowest BCUT2D eigenvalue weighted by Crippen LogP contribution is -2.33. The van der Waals surface area contributed by atoms with Gasteiger partial charge in [-0.15, -0.1) is 0 Å². The van der Waals surface area contributed by atoms with Crippen LogP contribution in [0.3, 0.4) is 0 Å². The number of nitrogens with zero attached hydrogens (tertiary/aromatic N) is 2. The molecular formula is C18H23N3O. The number of hydrogen-bond acceptors (Lipinski definition) is 2. The topological polar surface area (TPSA) is 46.9 Å². The number of rotatable bonds is 5. The van der Waals surface area contributed by atoms with Crippen molar-refractivity contribution in [1.29, 1.82) is 0 Å². The summed E-state index contributed by atoms with van der Waals surface area (Å²) in [6, 6.07) is 10.1. The molecule has 1 saturated carbocycles. The van der Waals surface area contributed by atoms with Crippen LogP contribution in [0.15, 0.2) is 42.7 Å². The number of para-hydroxylation sites is 1. The predicted octanol–water partition coefficient (Wildman–Crippen LogP) is 3.11. The average Bonchev–Trinajstić information content (AvgIpc) is 3.05. The Morgan fingerprint density at radius 3 is 2.73 bits per heavy atom. The molecule has 0 radical (unpaired) electrons. The first-order valence-electron chi connectivity index (χ1n) is 8.19. The van der Waals surface area contributed by atoms with Crippen molar-refractivity contribution < 1.29 is 4.79 Å². The molecule has 2 aromatic rings. The van der Waals surface area contributed by atoms with E-state index in [0.717, 1.165) is 30.5 Å². The third kappa shape index (κ3) is 3.75. The van der Waals surface area contributed by atoms with Gasteiger partial charge in [-0.05, 0) is 37.0 Å². The van der Waals surface area contributed by atoms with Crippen LogP contribution in [0.5, 0.6) is 0 Å². The zero-order valence-electron chi connectivity index (χ0n) is 12.9. The Morgan fingerprint density at radius 2 is 1.95 bits per heavy atom. The number of nitrogens with one attached hydrogen (secondary N) is 1. The molecule has 0 saturated heterocycles. The fourth-order valence-electron chi connectivity index (χ4n) is 3.05. The smallest absolute Gasteiger partial charge is 0.223 e. The van der Waals surface area contributed by atoms with Crippen molar-refractivity contribution in [2.24, 2.45) is 5.92 Å². The average molecular weight is 297 g/mol. The minimum absolute atomic E-state index is 0.232. The molecule has 1 aromatic heterocycles. The summed E-state index contributed by atoms with van der Waals surface area (Å²) in [5.74, 6) is 0.468. The summed E-state index contributed by atoms with van der Waals surface area (Å²) in [4.78, 5) is 12.1.